The molecule has 1 amide bonds. The van der Waals surface area contributed by atoms with E-state index in [1.165, 1.54) is 11.3 Å². The maximum Gasteiger partial charge on any atom is 0.265 e. The lowest BCUT2D eigenvalue weighted by molar-refractivity contribution is 0.0732. The van der Waals surface area contributed by atoms with E-state index < -0.39 is 0 Å². The highest BCUT2D eigenvalue weighted by Gasteiger charge is 2.34. The predicted molar refractivity (Wildman–Crippen MR) is 79.2 cm³/mol. The monoisotopic (exact) mass is 336 g/mol. The van der Waals surface area contributed by atoms with Crippen molar-refractivity contribution < 1.29 is 4.79 Å². The van der Waals surface area contributed by atoms with Crippen LogP contribution in [0.15, 0.2) is 40.3 Å². The number of carbonyl (C=O) groups excluding carboxylic acids is 1. The molecule has 3 nitrogen and oxygen atoms in total. The van der Waals surface area contributed by atoms with Gasteiger partial charge in [-0.25, -0.2) is 0 Å². The minimum absolute atomic E-state index is 0.107. The zero-order chi connectivity index (χ0) is 13.2. The van der Waals surface area contributed by atoms with Gasteiger partial charge in [0.2, 0.25) is 0 Å². The first-order valence-corrected chi connectivity index (χ1v) is 7.87. The van der Waals surface area contributed by atoms with Gasteiger partial charge in [0.05, 0.1) is 12.2 Å². The molecule has 0 aromatic carbocycles. The van der Waals surface area contributed by atoms with Crippen molar-refractivity contribution in [1.29, 1.82) is 0 Å². The molecule has 0 radical (unpaired) electrons. The molecule has 2 heterocycles. The van der Waals surface area contributed by atoms with Gasteiger partial charge in [-0.3, -0.25) is 9.78 Å². The molecular formula is C14H13BrN2OS. The summed E-state index contributed by atoms with van der Waals surface area (Å²) in [6, 6.07) is 8.11. The lowest BCUT2D eigenvalue weighted by Crippen LogP contribution is -2.32. The van der Waals surface area contributed by atoms with Crippen LogP contribution in [0.25, 0.3) is 0 Å². The van der Waals surface area contributed by atoms with E-state index in [9.17, 15) is 4.79 Å². The predicted octanol–water partition coefficient (Wildman–Crippen LogP) is 3.71. The number of amides is 1. The quantitative estimate of drug-likeness (QED) is 0.852. The fraction of sp³-hybridized carbons (Fsp3) is 0.286. The van der Waals surface area contributed by atoms with Crippen LogP contribution in [-0.2, 0) is 6.54 Å². The largest absolute Gasteiger partial charge is 0.329 e. The summed E-state index contributed by atoms with van der Waals surface area (Å²) < 4.78 is 0.883. The van der Waals surface area contributed by atoms with E-state index in [4.69, 9.17) is 0 Å². The molecular weight excluding hydrogens is 324 g/mol. The molecule has 0 unspecified atom stereocenters. The van der Waals surface area contributed by atoms with Crippen LogP contribution in [0.4, 0.5) is 0 Å². The summed E-state index contributed by atoms with van der Waals surface area (Å²) in [7, 11) is 0. The van der Waals surface area contributed by atoms with E-state index in [0.29, 0.717) is 12.6 Å². The molecule has 0 spiro atoms. The molecule has 5 heteroatoms. The Kier molecular flexibility index (Phi) is 3.66. The molecule has 1 aliphatic rings. The van der Waals surface area contributed by atoms with E-state index in [2.05, 4.69) is 20.9 Å². The van der Waals surface area contributed by atoms with Crippen molar-refractivity contribution in [3.8, 4) is 0 Å². The summed E-state index contributed by atoms with van der Waals surface area (Å²) in [5.74, 6) is 0.107. The first-order valence-electron chi connectivity index (χ1n) is 6.19. The molecule has 2 aromatic heterocycles. The van der Waals surface area contributed by atoms with Gasteiger partial charge in [-0.1, -0.05) is 6.07 Å². The van der Waals surface area contributed by atoms with Crippen molar-refractivity contribution in [1.82, 2.24) is 9.88 Å². The van der Waals surface area contributed by atoms with Gasteiger partial charge in [-0.05, 0) is 52.4 Å². The van der Waals surface area contributed by atoms with Crippen molar-refractivity contribution in [3.05, 3.63) is 50.9 Å². The zero-order valence-electron chi connectivity index (χ0n) is 10.3. The van der Waals surface area contributed by atoms with Gasteiger partial charge in [0.25, 0.3) is 5.91 Å². The summed E-state index contributed by atoms with van der Waals surface area (Å²) in [6.45, 7) is 0.592. The minimum Gasteiger partial charge on any atom is -0.329 e. The van der Waals surface area contributed by atoms with Gasteiger partial charge in [-0.15, -0.1) is 11.3 Å². The third kappa shape index (κ3) is 2.87. The summed E-state index contributed by atoms with van der Waals surface area (Å²) in [4.78, 5) is 19.6. The number of hydrogen-bond acceptors (Lipinski definition) is 3. The average molecular weight is 337 g/mol. The lowest BCUT2D eigenvalue weighted by atomic mass is 10.3. The highest BCUT2D eigenvalue weighted by Crippen LogP contribution is 2.32. The van der Waals surface area contributed by atoms with E-state index >= 15 is 0 Å². The van der Waals surface area contributed by atoms with Crippen LogP contribution in [0.5, 0.6) is 0 Å². The highest BCUT2D eigenvalue weighted by atomic mass is 79.9. The van der Waals surface area contributed by atoms with Crippen LogP contribution in [-0.4, -0.2) is 21.8 Å². The van der Waals surface area contributed by atoms with Gasteiger partial charge in [-0.2, -0.15) is 0 Å². The molecule has 0 saturated heterocycles. The van der Waals surface area contributed by atoms with Gasteiger partial charge < -0.3 is 4.90 Å². The second-order valence-corrected chi connectivity index (χ2v) is 6.35. The summed E-state index contributed by atoms with van der Waals surface area (Å²) in [5, 5.41) is 1.93. The number of hydrogen-bond donors (Lipinski definition) is 0. The van der Waals surface area contributed by atoms with E-state index in [1.807, 2.05) is 34.5 Å². The standard InChI is InChI=1S/C14H13BrN2OS/c15-12-6-8-19-13(12)14(18)17(11-4-5-11)9-10-3-1-2-7-16-10/h1-3,6-8,11H,4-5,9H2. The van der Waals surface area contributed by atoms with Gasteiger partial charge in [0.15, 0.2) is 0 Å². The van der Waals surface area contributed by atoms with Gasteiger partial charge >= 0.3 is 0 Å². The van der Waals surface area contributed by atoms with Crippen molar-refractivity contribution in [2.75, 3.05) is 0 Å². The molecule has 0 aliphatic heterocycles. The molecule has 0 bridgehead atoms. The molecule has 0 atom stereocenters. The number of pyridine rings is 1. The highest BCUT2D eigenvalue weighted by molar-refractivity contribution is 9.10. The molecule has 1 saturated carbocycles. The molecule has 1 fully saturated rings. The number of aromatic nitrogens is 1. The summed E-state index contributed by atoms with van der Waals surface area (Å²) >= 11 is 4.92. The Labute approximate surface area is 124 Å². The maximum absolute atomic E-state index is 12.6. The molecule has 3 rings (SSSR count). The number of carbonyl (C=O) groups is 1. The first kappa shape index (κ1) is 12.8. The number of halogens is 1. The third-order valence-corrected chi connectivity index (χ3v) is 4.94. The van der Waals surface area contributed by atoms with Crippen molar-refractivity contribution in [3.63, 3.8) is 0 Å². The Balaban J connectivity index is 1.82. The maximum atomic E-state index is 12.6. The van der Waals surface area contributed by atoms with Crippen molar-refractivity contribution in [2.24, 2.45) is 0 Å². The van der Waals surface area contributed by atoms with Gasteiger partial charge in [0.1, 0.15) is 4.88 Å². The Morgan fingerprint density at radius 1 is 1.42 bits per heavy atom. The molecule has 0 N–H and O–H groups in total. The molecule has 1 aliphatic carbocycles. The van der Waals surface area contributed by atoms with Crippen LogP contribution in [0.3, 0.4) is 0 Å². The topological polar surface area (TPSA) is 33.2 Å². The van der Waals surface area contributed by atoms with E-state index in [0.717, 1.165) is 27.9 Å². The fourth-order valence-electron chi connectivity index (χ4n) is 2.00. The second-order valence-electron chi connectivity index (χ2n) is 4.58. The lowest BCUT2D eigenvalue weighted by Gasteiger charge is -2.21. The van der Waals surface area contributed by atoms with E-state index in [-0.39, 0.29) is 5.91 Å². The molecule has 19 heavy (non-hydrogen) atoms. The van der Waals surface area contributed by atoms with Crippen LogP contribution in [0.1, 0.15) is 28.2 Å². The summed E-state index contributed by atoms with van der Waals surface area (Å²) in [6.07, 6.45) is 3.97. The number of rotatable bonds is 4. The molecule has 2 aromatic rings. The Hall–Kier alpha value is -1.20. The fourth-order valence-corrected chi connectivity index (χ4v) is 3.49. The minimum atomic E-state index is 0.107. The van der Waals surface area contributed by atoms with Crippen molar-refractivity contribution >= 4 is 33.2 Å². The third-order valence-electron chi connectivity index (χ3n) is 3.12. The van der Waals surface area contributed by atoms with Crippen molar-refractivity contribution in [2.45, 2.75) is 25.4 Å². The van der Waals surface area contributed by atoms with Crippen LogP contribution < -0.4 is 0 Å². The van der Waals surface area contributed by atoms with E-state index in [1.54, 1.807) is 6.20 Å². The number of nitrogens with zero attached hydrogens (tertiary/aromatic N) is 2. The normalized spacial score (nSPS) is 14.4. The smallest absolute Gasteiger partial charge is 0.265 e. The first-order chi connectivity index (χ1) is 9.25. The Morgan fingerprint density at radius 3 is 2.84 bits per heavy atom. The Bertz CT molecular complexity index is 580. The van der Waals surface area contributed by atoms with Gasteiger partial charge in [0, 0.05) is 16.7 Å². The second kappa shape index (κ2) is 5.43. The van der Waals surface area contributed by atoms with Crippen LogP contribution in [0, 0.1) is 0 Å². The summed E-state index contributed by atoms with van der Waals surface area (Å²) in [5.41, 5.74) is 0.940. The Morgan fingerprint density at radius 2 is 2.26 bits per heavy atom. The number of thiophene rings is 1. The zero-order valence-corrected chi connectivity index (χ0v) is 12.7. The average Bonchev–Trinajstić information content (AvgIpc) is 3.18. The molecule has 98 valence electrons. The SMILES string of the molecule is O=C(c1sccc1Br)N(Cc1ccccn1)C1CC1. The van der Waals surface area contributed by atoms with Crippen LogP contribution >= 0.6 is 27.3 Å². The van der Waals surface area contributed by atoms with Crippen LogP contribution in [0.2, 0.25) is 0 Å².